The quantitative estimate of drug-likeness (QED) is 0.542. The number of imidazole rings is 1. The third-order valence-corrected chi connectivity index (χ3v) is 5.99. The number of aromatic nitrogens is 5. The molecule has 0 N–H and O–H groups in total. The van der Waals surface area contributed by atoms with Gasteiger partial charge in [-0.2, -0.15) is 0 Å². The molecule has 1 fully saturated rings. The van der Waals surface area contributed by atoms with Gasteiger partial charge in [0.25, 0.3) is 0 Å². The second-order valence-electron chi connectivity index (χ2n) is 6.48. The topological polar surface area (TPSA) is 63.0 Å². The number of halogens is 1. The van der Waals surface area contributed by atoms with E-state index in [1.54, 1.807) is 18.5 Å². The summed E-state index contributed by atoms with van der Waals surface area (Å²) in [5.74, 6) is 0.667. The van der Waals surface area contributed by atoms with Crippen molar-refractivity contribution >= 4 is 43.7 Å². The van der Waals surface area contributed by atoms with E-state index in [4.69, 9.17) is 0 Å². The van der Waals surface area contributed by atoms with Gasteiger partial charge < -0.3 is 14.4 Å². The van der Waals surface area contributed by atoms with Crippen LogP contribution in [0.2, 0.25) is 0 Å². The summed E-state index contributed by atoms with van der Waals surface area (Å²) in [6.07, 6.45) is 3.43. The highest BCUT2D eigenvalue weighted by molar-refractivity contribution is 7.22. The third-order valence-electron chi connectivity index (χ3n) is 4.91. The molecule has 9 heteroatoms. The molecule has 0 aliphatic carbocycles. The van der Waals surface area contributed by atoms with Crippen LogP contribution in [-0.4, -0.2) is 50.7 Å². The molecule has 0 radical (unpaired) electrons. The van der Waals surface area contributed by atoms with E-state index in [2.05, 4.69) is 36.7 Å². The molecule has 7 nitrogen and oxygen atoms in total. The number of anilines is 2. The van der Waals surface area contributed by atoms with Gasteiger partial charge in [-0.1, -0.05) is 11.3 Å². The Morgan fingerprint density at radius 3 is 2.70 bits per heavy atom. The predicted octanol–water partition coefficient (Wildman–Crippen LogP) is 2.92. The van der Waals surface area contributed by atoms with E-state index in [-0.39, 0.29) is 5.82 Å². The zero-order valence-electron chi connectivity index (χ0n) is 14.8. The zero-order chi connectivity index (χ0) is 18.4. The van der Waals surface area contributed by atoms with Gasteiger partial charge in [0.15, 0.2) is 22.1 Å². The number of aryl methyl sites for hydroxylation is 1. The van der Waals surface area contributed by atoms with E-state index < -0.39 is 0 Å². The molecular weight excluding hydrogens is 365 g/mol. The average Bonchev–Trinajstić information content (AvgIpc) is 3.31. The normalized spacial score (nSPS) is 15.2. The molecule has 4 aromatic rings. The van der Waals surface area contributed by atoms with Crippen molar-refractivity contribution in [3.63, 3.8) is 0 Å². The molecule has 138 valence electrons. The summed E-state index contributed by atoms with van der Waals surface area (Å²) >= 11 is 1.54. The molecule has 27 heavy (non-hydrogen) atoms. The van der Waals surface area contributed by atoms with Crippen molar-refractivity contribution in [2.24, 2.45) is 0 Å². The summed E-state index contributed by atoms with van der Waals surface area (Å²) < 4.78 is 16.3. The molecule has 0 spiro atoms. The van der Waals surface area contributed by atoms with Crippen LogP contribution < -0.4 is 9.80 Å². The third kappa shape index (κ3) is 2.78. The van der Waals surface area contributed by atoms with E-state index >= 15 is 0 Å². The van der Waals surface area contributed by atoms with Crippen LogP contribution in [0.15, 0.2) is 30.9 Å². The van der Waals surface area contributed by atoms with Gasteiger partial charge in [0, 0.05) is 32.7 Å². The summed E-state index contributed by atoms with van der Waals surface area (Å²) in [6.45, 7) is 6.24. The Labute approximate surface area is 159 Å². The smallest absolute Gasteiger partial charge is 0.186 e. The molecule has 0 saturated carbocycles. The van der Waals surface area contributed by atoms with E-state index in [9.17, 15) is 4.39 Å². The fraction of sp³-hybridized carbons (Fsp3) is 0.333. The van der Waals surface area contributed by atoms with Crippen LogP contribution in [0.5, 0.6) is 0 Å². The van der Waals surface area contributed by atoms with Gasteiger partial charge in [0.2, 0.25) is 0 Å². The highest BCUT2D eigenvalue weighted by Gasteiger charge is 2.23. The first-order valence-electron chi connectivity index (χ1n) is 8.95. The van der Waals surface area contributed by atoms with Crippen molar-refractivity contribution in [1.29, 1.82) is 0 Å². The maximum Gasteiger partial charge on any atom is 0.186 e. The first kappa shape index (κ1) is 16.4. The molecule has 1 saturated heterocycles. The number of rotatable bonds is 3. The van der Waals surface area contributed by atoms with Crippen LogP contribution in [0.3, 0.4) is 0 Å². The summed E-state index contributed by atoms with van der Waals surface area (Å²) in [5, 5.41) is 0.943. The standard InChI is InChI=1S/C18H18FN7S/c1-2-24-11-22-15-16(24)20-10-21-17(15)25-5-7-26(8-6-25)18-23-13-4-3-12(19)9-14(13)27-18/h3-4,9-11H,2,5-8H2,1H3. The highest BCUT2D eigenvalue weighted by Crippen LogP contribution is 2.31. The number of benzene rings is 1. The van der Waals surface area contributed by atoms with Crippen LogP contribution >= 0.6 is 11.3 Å². The van der Waals surface area contributed by atoms with Crippen LogP contribution in [0.1, 0.15) is 6.92 Å². The molecule has 0 amide bonds. The van der Waals surface area contributed by atoms with Crippen molar-refractivity contribution in [3.8, 4) is 0 Å². The molecule has 5 rings (SSSR count). The largest absolute Gasteiger partial charge is 0.351 e. The van der Waals surface area contributed by atoms with E-state index in [0.717, 1.165) is 65.1 Å². The fourth-order valence-corrected chi connectivity index (χ4v) is 4.50. The van der Waals surface area contributed by atoms with Gasteiger partial charge in [0.1, 0.15) is 12.1 Å². The van der Waals surface area contributed by atoms with Crippen LogP contribution in [0.4, 0.5) is 15.3 Å². The Kier molecular flexibility index (Phi) is 3.89. The highest BCUT2D eigenvalue weighted by atomic mass is 32.1. The minimum Gasteiger partial charge on any atom is -0.351 e. The molecule has 1 aromatic carbocycles. The van der Waals surface area contributed by atoms with Crippen molar-refractivity contribution in [3.05, 3.63) is 36.7 Å². The number of piperazine rings is 1. The number of thiazole rings is 1. The van der Waals surface area contributed by atoms with Gasteiger partial charge in [-0.25, -0.2) is 24.3 Å². The molecule has 3 aromatic heterocycles. The Bertz CT molecular complexity index is 1110. The van der Waals surface area contributed by atoms with Gasteiger partial charge in [-0.3, -0.25) is 0 Å². The summed E-state index contributed by atoms with van der Waals surface area (Å²) in [6, 6.07) is 4.75. The second kappa shape index (κ2) is 6.41. The Morgan fingerprint density at radius 2 is 1.89 bits per heavy atom. The predicted molar refractivity (Wildman–Crippen MR) is 105 cm³/mol. The Balaban J connectivity index is 1.37. The van der Waals surface area contributed by atoms with Crippen LogP contribution in [0, 0.1) is 5.82 Å². The monoisotopic (exact) mass is 383 g/mol. The molecule has 0 atom stereocenters. The van der Waals surface area contributed by atoms with Crippen LogP contribution in [0.25, 0.3) is 21.4 Å². The van der Waals surface area contributed by atoms with Crippen molar-refractivity contribution in [2.75, 3.05) is 36.0 Å². The molecule has 0 bridgehead atoms. The summed E-state index contributed by atoms with van der Waals surface area (Å²) in [4.78, 5) is 22.5. The molecule has 4 heterocycles. The van der Waals surface area contributed by atoms with Gasteiger partial charge in [0.05, 0.1) is 16.5 Å². The second-order valence-corrected chi connectivity index (χ2v) is 7.49. The maximum absolute atomic E-state index is 13.4. The number of hydrogen-bond acceptors (Lipinski definition) is 7. The van der Waals surface area contributed by atoms with Gasteiger partial charge >= 0.3 is 0 Å². The summed E-state index contributed by atoms with van der Waals surface area (Å²) in [5.41, 5.74) is 2.57. The van der Waals surface area contributed by atoms with Gasteiger partial charge in [-0.15, -0.1) is 0 Å². The minimum atomic E-state index is -0.221. The number of hydrogen-bond donors (Lipinski definition) is 0. The minimum absolute atomic E-state index is 0.221. The first-order valence-corrected chi connectivity index (χ1v) is 9.76. The van der Waals surface area contributed by atoms with Crippen molar-refractivity contribution in [2.45, 2.75) is 13.5 Å². The number of nitrogens with zero attached hydrogens (tertiary/aromatic N) is 7. The average molecular weight is 383 g/mol. The van der Waals surface area contributed by atoms with E-state index in [1.807, 2.05) is 10.9 Å². The first-order chi connectivity index (χ1) is 13.2. The zero-order valence-corrected chi connectivity index (χ0v) is 15.7. The SMILES string of the molecule is CCn1cnc2c(N3CCN(c4nc5ccc(F)cc5s4)CC3)ncnc21. The van der Waals surface area contributed by atoms with E-state index in [0.29, 0.717) is 0 Å². The number of fused-ring (bicyclic) bond motifs is 2. The van der Waals surface area contributed by atoms with Crippen LogP contribution in [-0.2, 0) is 6.54 Å². The summed E-state index contributed by atoms with van der Waals surface area (Å²) in [7, 11) is 0. The Morgan fingerprint density at radius 1 is 1.07 bits per heavy atom. The lowest BCUT2D eigenvalue weighted by molar-refractivity contribution is 0.630. The van der Waals surface area contributed by atoms with E-state index in [1.165, 1.54) is 17.4 Å². The molecule has 0 unspecified atom stereocenters. The molecule has 1 aliphatic rings. The lowest BCUT2D eigenvalue weighted by atomic mass is 10.3. The lowest BCUT2D eigenvalue weighted by Gasteiger charge is -2.35. The lowest BCUT2D eigenvalue weighted by Crippen LogP contribution is -2.46. The maximum atomic E-state index is 13.4. The molecular formula is C18H18FN7S. The van der Waals surface area contributed by atoms with Crippen molar-refractivity contribution in [1.82, 2.24) is 24.5 Å². The Hall–Kier alpha value is -2.81. The van der Waals surface area contributed by atoms with Gasteiger partial charge in [-0.05, 0) is 25.1 Å². The fourth-order valence-electron chi connectivity index (χ4n) is 3.46. The van der Waals surface area contributed by atoms with Crippen molar-refractivity contribution < 1.29 is 4.39 Å². The molecule has 1 aliphatic heterocycles.